The third-order valence-corrected chi connectivity index (χ3v) is 4.23. The molecule has 1 rings (SSSR count). The van der Waals surface area contributed by atoms with Gasteiger partial charge in [-0.05, 0) is 36.2 Å². The molecule has 0 aliphatic heterocycles. The Kier molecular flexibility index (Phi) is 12.0. The first kappa shape index (κ1) is 33.2. The molecule has 0 spiro atoms. The van der Waals surface area contributed by atoms with Gasteiger partial charge in [-0.2, -0.15) is 39.5 Å². The number of benzene rings is 1. The van der Waals surface area contributed by atoms with Crippen LogP contribution >= 0.6 is 23.2 Å². The number of halogens is 11. The Hall–Kier alpha value is -2.75. The Bertz CT molecular complexity index is 964. The largest absolute Gasteiger partial charge is 0.449 e. The summed E-state index contributed by atoms with van der Waals surface area (Å²) >= 11 is 10.3. The van der Waals surface area contributed by atoms with Gasteiger partial charge in [-0.15, -0.1) is 0 Å². The fraction of sp³-hybridized carbons (Fsp3) is 0.444. The van der Waals surface area contributed by atoms with Crippen molar-refractivity contribution in [2.45, 2.75) is 31.5 Å². The molecule has 1 amide bonds. The van der Waals surface area contributed by atoms with E-state index in [1.54, 1.807) is 0 Å². The monoisotopic (exact) mass is 581 g/mol. The van der Waals surface area contributed by atoms with Crippen LogP contribution in [-0.4, -0.2) is 60.6 Å². The minimum absolute atomic E-state index is 0.0779. The highest BCUT2D eigenvalue weighted by atomic mass is 35.5. The van der Waals surface area contributed by atoms with Gasteiger partial charge in [0.2, 0.25) is 0 Å². The van der Waals surface area contributed by atoms with Crippen LogP contribution < -0.4 is 0 Å². The summed E-state index contributed by atoms with van der Waals surface area (Å²) in [5.74, 6) is -4.84. The normalized spacial score (nSPS) is 12.6. The molecular weight excluding hydrogens is 568 g/mol. The molecular formula is C18H14Cl2F9NO6. The van der Waals surface area contributed by atoms with Gasteiger partial charge in [-0.1, -0.05) is 17.7 Å². The maximum absolute atomic E-state index is 12.6. The van der Waals surface area contributed by atoms with Crippen molar-refractivity contribution >= 4 is 46.3 Å². The topological polar surface area (TPSA) is 90.0 Å². The standard InChI is InChI=1S/C14H12ClF6NO3.C4H2ClF3O3/c1-7(9-4-3-8(5-10(9)15)14(19,20)21)22(2)11(23)12(24)25-6-13(16,17)18;5-2(9)3(10)11-1-4(6,7)8/h3-5,7H,6H2,1-2H3;1H2. The summed E-state index contributed by atoms with van der Waals surface area (Å²) in [7, 11) is 1.08. The number of nitrogens with zero attached hydrogens (tertiary/aromatic N) is 1. The summed E-state index contributed by atoms with van der Waals surface area (Å²) in [6, 6.07) is 1.41. The van der Waals surface area contributed by atoms with Gasteiger partial charge in [0, 0.05) is 12.1 Å². The van der Waals surface area contributed by atoms with Crippen molar-refractivity contribution in [3.63, 3.8) is 0 Å². The molecule has 36 heavy (non-hydrogen) atoms. The number of alkyl halides is 9. The highest BCUT2D eigenvalue weighted by Crippen LogP contribution is 2.34. The summed E-state index contributed by atoms with van der Waals surface area (Å²) in [5, 5.41) is -1.89. The number of carbonyl (C=O) groups is 4. The van der Waals surface area contributed by atoms with Crippen LogP contribution in [-0.2, 0) is 34.8 Å². The van der Waals surface area contributed by atoms with Gasteiger partial charge in [-0.3, -0.25) is 9.59 Å². The van der Waals surface area contributed by atoms with Crippen LogP contribution in [0.1, 0.15) is 24.1 Å². The van der Waals surface area contributed by atoms with E-state index < -0.39 is 66.4 Å². The number of hydrogen-bond acceptors (Lipinski definition) is 6. The zero-order valence-electron chi connectivity index (χ0n) is 17.8. The average Bonchev–Trinajstić information content (AvgIpc) is 2.72. The second-order valence-electron chi connectivity index (χ2n) is 6.48. The molecule has 0 fully saturated rings. The van der Waals surface area contributed by atoms with Gasteiger partial charge in [0.15, 0.2) is 13.2 Å². The Morgan fingerprint density at radius 3 is 1.69 bits per heavy atom. The highest BCUT2D eigenvalue weighted by Gasteiger charge is 2.34. The number of amides is 1. The fourth-order valence-corrected chi connectivity index (χ4v) is 2.38. The second-order valence-corrected chi connectivity index (χ2v) is 7.23. The van der Waals surface area contributed by atoms with Gasteiger partial charge in [-0.25, -0.2) is 9.59 Å². The van der Waals surface area contributed by atoms with Gasteiger partial charge in [0.1, 0.15) is 0 Å². The molecule has 0 bridgehead atoms. The molecule has 18 heteroatoms. The van der Waals surface area contributed by atoms with Crippen LogP contribution in [0, 0.1) is 0 Å². The number of esters is 2. The molecule has 0 radical (unpaired) electrons. The molecule has 0 saturated heterocycles. The Balaban J connectivity index is 0.000000935. The predicted molar refractivity (Wildman–Crippen MR) is 103 cm³/mol. The summed E-state index contributed by atoms with van der Waals surface area (Å²) in [6.07, 6.45) is -14.0. The van der Waals surface area contributed by atoms with Gasteiger partial charge in [0.05, 0.1) is 11.6 Å². The summed E-state index contributed by atoms with van der Waals surface area (Å²) in [4.78, 5) is 43.6. The maximum atomic E-state index is 12.6. The number of ether oxygens (including phenoxy) is 2. The molecule has 0 aliphatic rings. The van der Waals surface area contributed by atoms with Gasteiger partial charge < -0.3 is 14.4 Å². The minimum Gasteiger partial charge on any atom is -0.449 e. The molecule has 0 heterocycles. The van der Waals surface area contributed by atoms with E-state index in [2.05, 4.69) is 21.1 Å². The van der Waals surface area contributed by atoms with E-state index in [0.29, 0.717) is 11.0 Å². The van der Waals surface area contributed by atoms with Crippen molar-refractivity contribution in [3.8, 4) is 0 Å². The number of hydrogen-bond donors (Lipinski definition) is 0. The molecule has 0 aliphatic carbocycles. The lowest BCUT2D eigenvalue weighted by Gasteiger charge is -2.25. The van der Waals surface area contributed by atoms with Crippen LogP contribution in [0.2, 0.25) is 5.02 Å². The quantitative estimate of drug-likeness (QED) is 0.214. The Labute approximate surface area is 206 Å². The van der Waals surface area contributed by atoms with Crippen molar-refractivity contribution in [1.29, 1.82) is 0 Å². The van der Waals surface area contributed by atoms with E-state index in [1.165, 1.54) is 6.92 Å². The van der Waals surface area contributed by atoms with E-state index >= 15 is 0 Å². The predicted octanol–water partition coefficient (Wildman–Crippen LogP) is 4.84. The number of likely N-dealkylation sites (N-methyl/N-ethyl adjacent to an activating group) is 1. The van der Waals surface area contributed by atoms with Crippen LogP contribution in [0.15, 0.2) is 18.2 Å². The van der Waals surface area contributed by atoms with Crippen LogP contribution in [0.25, 0.3) is 0 Å². The second kappa shape index (κ2) is 13.0. The summed E-state index contributed by atoms with van der Waals surface area (Å²) in [6.45, 7) is -2.39. The Morgan fingerprint density at radius 1 is 0.889 bits per heavy atom. The van der Waals surface area contributed by atoms with Gasteiger partial charge in [0.25, 0.3) is 0 Å². The van der Waals surface area contributed by atoms with Crippen LogP contribution in [0.4, 0.5) is 39.5 Å². The molecule has 7 nitrogen and oxygen atoms in total. The molecule has 0 saturated carbocycles. The van der Waals surface area contributed by atoms with E-state index in [0.717, 1.165) is 19.2 Å². The van der Waals surface area contributed by atoms with Crippen LogP contribution in [0.3, 0.4) is 0 Å². The lowest BCUT2D eigenvalue weighted by atomic mass is 10.0. The summed E-state index contributed by atoms with van der Waals surface area (Å²) < 4.78 is 115. The fourth-order valence-electron chi connectivity index (χ4n) is 1.98. The molecule has 204 valence electrons. The van der Waals surface area contributed by atoms with E-state index in [9.17, 15) is 58.7 Å². The van der Waals surface area contributed by atoms with E-state index in [4.69, 9.17) is 11.6 Å². The van der Waals surface area contributed by atoms with Crippen molar-refractivity contribution in [3.05, 3.63) is 34.3 Å². The summed E-state index contributed by atoms with van der Waals surface area (Å²) in [5.41, 5.74) is -0.929. The lowest BCUT2D eigenvalue weighted by molar-refractivity contribution is -0.189. The highest BCUT2D eigenvalue weighted by molar-refractivity contribution is 6.80. The maximum Gasteiger partial charge on any atom is 0.422 e. The van der Waals surface area contributed by atoms with Crippen molar-refractivity contribution < 1.29 is 68.2 Å². The van der Waals surface area contributed by atoms with Crippen molar-refractivity contribution in [2.24, 2.45) is 0 Å². The molecule has 0 N–H and O–H groups in total. The Morgan fingerprint density at radius 2 is 1.33 bits per heavy atom. The zero-order valence-corrected chi connectivity index (χ0v) is 19.3. The first-order chi connectivity index (χ1) is 16.1. The lowest BCUT2D eigenvalue weighted by Crippen LogP contribution is -2.37. The van der Waals surface area contributed by atoms with Crippen molar-refractivity contribution in [2.75, 3.05) is 20.3 Å². The van der Waals surface area contributed by atoms with E-state index in [-0.39, 0.29) is 10.6 Å². The van der Waals surface area contributed by atoms with Crippen LogP contribution in [0.5, 0.6) is 0 Å². The van der Waals surface area contributed by atoms with E-state index in [1.807, 2.05) is 0 Å². The molecule has 1 aromatic carbocycles. The average molecular weight is 582 g/mol. The number of carbonyl (C=O) groups excluding carboxylic acids is 4. The molecule has 1 atom stereocenters. The first-order valence-electron chi connectivity index (χ1n) is 8.87. The molecule has 1 aromatic rings. The first-order valence-corrected chi connectivity index (χ1v) is 9.63. The SMILES string of the molecule is CC(c1ccc(C(F)(F)F)cc1Cl)N(C)C(=O)C(=O)OCC(F)(F)F.O=C(Cl)C(=O)OCC(F)(F)F. The molecule has 1 unspecified atom stereocenters. The van der Waals surface area contributed by atoms with Crippen molar-refractivity contribution in [1.82, 2.24) is 4.90 Å². The zero-order chi connectivity index (χ0) is 28.6. The van der Waals surface area contributed by atoms with Gasteiger partial charge >= 0.3 is 41.6 Å². The number of rotatable bonds is 5. The third-order valence-electron chi connectivity index (χ3n) is 3.75. The molecule has 0 aromatic heterocycles. The third kappa shape index (κ3) is 12.3. The minimum atomic E-state index is -4.79. The smallest absolute Gasteiger partial charge is 0.422 e.